The lowest BCUT2D eigenvalue weighted by Gasteiger charge is -2.17. The quantitative estimate of drug-likeness (QED) is 0.734. The van der Waals surface area contributed by atoms with Crippen molar-refractivity contribution in [3.05, 3.63) is 47.7 Å². The number of aryl methyl sites for hydroxylation is 1. The van der Waals surface area contributed by atoms with Crippen molar-refractivity contribution in [2.75, 3.05) is 13.1 Å². The molecule has 1 atom stereocenters. The summed E-state index contributed by atoms with van der Waals surface area (Å²) >= 11 is 0. The van der Waals surface area contributed by atoms with Crippen molar-refractivity contribution in [3.8, 4) is 5.88 Å². The molecule has 0 bridgehead atoms. The maximum Gasteiger partial charge on any atom is 0.233 e. The van der Waals surface area contributed by atoms with Crippen LogP contribution >= 0.6 is 0 Å². The molecule has 0 N–H and O–H groups in total. The number of ether oxygens (including phenoxy) is 1. The summed E-state index contributed by atoms with van der Waals surface area (Å²) < 4.78 is 30.2. The van der Waals surface area contributed by atoms with Crippen LogP contribution < -0.4 is 4.74 Å². The van der Waals surface area contributed by atoms with E-state index in [1.54, 1.807) is 49.1 Å². The van der Waals surface area contributed by atoms with E-state index in [0.717, 1.165) is 17.7 Å². The third kappa shape index (κ3) is 4.67. The van der Waals surface area contributed by atoms with Gasteiger partial charge in [-0.05, 0) is 44.5 Å². The molecule has 2 heterocycles. The highest BCUT2D eigenvalue weighted by molar-refractivity contribution is 7.92. The molecule has 0 saturated carbocycles. The lowest BCUT2D eigenvalue weighted by atomic mass is 10.1. The molecule has 1 aromatic heterocycles. The standard InChI is InChI=1S/C20H25N3O4S/c1-14(2)28(25,26)18-7-5-16(6-8-18)12-20(24)23-11-10-17(13-23)27-19-9-4-15(3)21-22-19/h4-9,14,17H,10-13H2,1-3H3. The highest BCUT2D eigenvalue weighted by Crippen LogP contribution is 2.19. The zero-order chi connectivity index (χ0) is 20.3. The number of aromatic nitrogens is 2. The van der Waals surface area contributed by atoms with Gasteiger partial charge in [0.15, 0.2) is 9.84 Å². The van der Waals surface area contributed by atoms with E-state index in [9.17, 15) is 13.2 Å². The summed E-state index contributed by atoms with van der Waals surface area (Å²) in [6.07, 6.45) is 0.880. The molecular weight excluding hydrogens is 378 g/mol. The summed E-state index contributed by atoms with van der Waals surface area (Å²) in [6.45, 7) is 6.30. The van der Waals surface area contributed by atoms with Crippen LogP contribution in [-0.4, -0.2) is 53.9 Å². The molecule has 0 radical (unpaired) electrons. The molecule has 1 aliphatic rings. The fourth-order valence-electron chi connectivity index (χ4n) is 3.03. The summed E-state index contributed by atoms with van der Waals surface area (Å²) in [7, 11) is -3.30. The number of likely N-dealkylation sites (tertiary alicyclic amines) is 1. The van der Waals surface area contributed by atoms with Crippen molar-refractivity contribution in [2.24, 2.45) is 0 Å². The Kier molecular flexibility index (Phi) is 5.98. The Labute approximate surface area is 165 Å². The number of carbonyl (C=O) groups excluding carboxylic acids is 1. The van der Waals surface area contributed by atoms with Crippen LogP contribution in [0, 0.1) is 6.92 Å². The molecule has 2 aromatic rings. The van der Waals surface area contributed by atoms with Crippen LogP contribution in [0.5, 0.6) is 5.88 Å². The molecule has 8 heteroatoms. The Morgan fingerprint density at radius 2 is 1.89 bits per heavy atom. The van der Waals surface area contributed by atoms with Gasteiger partial charge in [-0.2, -0.15) is 5.10 Å². The topological polar surface area (TPSA) is 89.5 Å². The van der Waals surface area contributed by atoms with Crippen molar-refractivity contribution in [3.63, 3.8) is 0 Å². The predicted molar refractivity (Wildman–Crippen MR) is 105 cm³/mol. The minimum atomic E-state index is -3.30. The first-order chi connectivity index (χ1) is 13.3. The molecule has 150 valence electrons. The Balaban J connectivity index is 1.56. The number of hydrogen-bond donors (Lipinski definition) is 0. The van der Waals surface area contributed by atoms with Crippen LogP contribution in [0.15, 0.2) is 41.3 Å². The van der Waals surface area contributed by atoms with Crippen LogP contribution in [0.25, 0.3) is 0 Å². The predicted octanol–water partition coefficient (Wildman–Crippen LogP) is 2.19. The van der Waals surface area contributed by atoms with Gasteiger partial charge in [-0.3, -0.25) is 4.79 Å². The second kappa shape index (κ2) is 8.26. The normalized spacial score (nSPS) is 17.1. The number of rotatable bonds is 6. The average molecular weight is 404 g/mol. The zero-order valence-corrected chi connectivity index (χ0v) is 17.1. The van der Waals surface area contributed by atoms with Crippen molar-refractivity contribution < 1.29 is 17.9 Å². The average Bonchev–Trinajstić information content (AvgIpc) is 3.12. The van der Waals surface area contributed by atoms with Crippen LogP contribution in [0.1, 0.15) is 31.5 Å². The highest BCUT2D eigenvalue weighted by atomic mass is 32.2. The molecule has 1 aliphatic heterocycles. The summed E-state index contributed by atoms with van der Waals surface area (Å²) in [5.74, 6) is 0.465. The van der Waals surface area contributed by atoms with E-state index < -0.39 is 15.1 Å². The van der Waals surface area contributed by atoms with Crippen molar-refractivity contribution >= 4 is 15.7 Å². The lowest BCUT2D eigenvalue weighted by Crippen LogP contribution is -2.32. The number of nitrogens with zero attached hydrogens (tertiary/aromatic N) is 3. The molecule has 28 heavy (non-hydrogen) atoms. The summed E-state index contributed by atoms with van der Waals surface area (Å²) in [4.78, 5) is 14.6. The molecule has 1 amide bonds. The Hall–Kier alpha value is -2.48. The Morgan fingerprint density at radius 3 is 2.50 bits per heavy atom. The van der Waals surface area contributed by atoms with Gasteiger partial charge in [-0.25, -0.2) is 8.42 Å². The van der Waals surface area contributed by atoms with Crippen LogP contribution in [0.3, 0.4) is 0 Å². The fraction of sp³-hybridized carbons (Fsp3) is 0.450. The van der Waals surface area contributed by atoms with E-state index in [4.69, 9.17) is 4.74 Å². The molecule has 1 fully saturated rings. The van der Waals surface area contributed by atoms with Gasteiger partial charge in [0.1, 0.15) is 6.10 Å². The lowest BCUT2D eigenvalue weighted by molar-refractivity contribution is -0.129. The monoisotopic (exact) mass is 403 g/mol. The number of hydrogen-bond acceptors (Lipinski definition) is 6. The minimum absolute atomic E-state index is 0.000516. The molecule has 1 unspecified atom stereocenters. The Morgan fingerprint density at radius 1 is 1.18 bits per heavy atom. The van der Waals surface area contributed by atoms with Gasteiger partial charge in [0.25, 0.3) is 0 Å². The first kappa shape index (κ1) is 20.3. The summed E-state index contributed by atoms with van der Waals surface area (Å²) in [5, 5.41) is 7.49. The van der Waals surface area contributed by atoms with Gasteiger partial charge in [-0.1, -0.05) is 12.1 Å². The maximum absolute atomic E-state index is 12.6. The van der Waals surface area contributed by atoms with E-state index in [1.807, 2.05) is 13.0 Å². The first-order valence-electron chi connectivity index (χ1n) is 9.33. The number of sulfone groups is 1. The van der Waals surface area contributed by atoms with Crippen molar-refractivity contribution in [1.82, 2.24) is 15.1 Å². The smallest absolute Gasteiger partial charge is 0.233 e. The zero-order valence-electron chi connectivity index (χ0n) is 16.3. The van der Waals surface area contributed by atoms with E-state index in [0.29, 0.717) is 19.0 Å². The van der Waals surface area contributed by atoms with Gasteiger partial charge in [0.05, 0.1) is 28.8 Å². The molecule has 3 rings (SSSR count). The largest absolute Gasteiger partial charge is 0.471 e. The van der Waals surface area contributed by atoms with E-state index in [1.165, 1.54) is 0 Å². The van der Waals surface area contributed by atoms with Gasteiger partial charge in [0.2, 0.25) is 11.8 Å². The van der Waals surface area contributed by atoms with Gasteiger partial charge >= 0.3 is 0 Å². The summed E-state index contributed by atoms with van der Waals surface area (Å²) in [5.41, 5.74) is 1.62. The number of amides is 1. The van der Waals surface area contributed by atoms with E-state index in [-0.39, 0.29) is 23.3 Å². The van der Waals surface area contributed by atoms with E-state index >= 15 is 0 Å². The van der Waals surface area contributed by atoms with Crippen LogP contribution in [0.2, 0.25) is 0 Å². The molecule has 0 aliphatic carbocycles. The first-order valence-corrected chi connectivity index (χ1v) is 10.9. The van der Waals surface area contributed by atoms with Gasteiger partial charge in [0, 0.05) is 19.0 Å². The third-order valence-corrected chi connectivity index (χ3v) is 6.96. The SMILES string of the molecule is Cc1ccc(OC2CCN(C(=O)Cc3ccc(S(=O)(=O)C(C)C)cc3)C2)nn1. The van der Waals surface area contributed by atoms with Crippen LogP contribution in [0.4, 0.5) is 0 Å². The van der Waals surface area contributed by atoms with E-state index in [2.05, 4.69) is 10.2 Å². The van der Waals surface area contributed by atoms with Crippen molar-refractivity contribution in [2.45, 2.75) is 49.9 Å². The molecule has 0 spiro atoms. The third-order valence-electron chi connectivity index (χ3n) is 4.79. The number of benzene rings is 1. The number of carbonyl (C=O) groups is 1. The second-order valence-corrected chi connectivity index (χ2v) is 9.80. The minimum Gasteiger partial charge on any atom is -0.471 e. The van der Waals surface area contributed by atoms with Gasteiger partial charge in [-0.15, -0.1) is 5.10 Å². The maximum atomic E-state index is 12.6. The van der Waals surface area contributed by atoms with Crippen molar-refractivity contribution in [1.29, 1.82) is 0 Å². The molecule has 1 aromatic carbocycles. The van der Waals surface area contributed by atoms with Crippen LogP contribution in [-0.2, 0) is 21.1 Å². The fourth-order valence-corrected chi connectivity index (χ4v) is 4.09. The Bertz CT molecular complexity index is 925. The summed E-state index contributed by atoms with van der Waals surface area (Å²) in [6, 6.07) is 10.2. The highest BCUT2D eigenvalue weighted by Gasteiger charge is 2.28. The molecule has 1 saturated heterocycles. The van der Waals surface area contributed by atoms with Gasteiger partial charge < -0.3 is 9.64 Å². The second-order valence-electron chi connectivity index (χ2n) is 7.30. The molecule has 7 nitrogen and oxygen atoms in total. The molecular formula is C20H25N3O4S.